The van der Waals surface area contributed by atoms with Crippen molar-refractivity contribution >= 4 is 5.91 Å². The lowest BCUT2D eigenvalue weighted by atomic mass is 9.92. The number of hydrogen-bond donors (Lipinski definition) is 0. The monoisotopic (exact) mass is 320 g/mol. The molecule has 0 radical (unpaired) electrons. The van der Waals surface area contributed by atoms with Gasteiger partial charge in [-0.05, 0) is 49.5 Å². The highest BCUT2D eigenvalue weighted by molar-refractivity contribution is 5.81. The van der Waals surface area contributed by atoms with E-state index in [0.717, 1.165) is 44.6 Å². The van der Waals surface area contributed by atoms with Gasteiger partial charge in [-0.1, -0.05) is 32.9 Å². The lowest BCUT2D eigenvalue weighted by Gasteiger charge is -2.35. The maximum Gasteiger partial charge on any atom is 0.227 e. The van der Waals surface area contributed by atoms with Crippen LogP contribution in [0.2, 0.25) is 0 Å². The fraction of sp³-hybridized carbons (Fsp3) is 0.632. The first-order valence-electron chi connectivity index (χ1n) is 8.48. The minimum atomic E-state index is -0.308. The lowest BCUT2D eigenvalue weighted by Crippen LogP contribution is -2.42. The van der Waals surface area contributed by atoms with E-state index in [4.69, 9.17) is 0 Å². The zero-order valence-corrected chi connectivity index (χ0v) is 14.8. The van der Waals surface area contributed by atoms with Crippen LogP contribution in [0.1, 0.15) is 39.2 Å². The third kappa shape index (κ3) is 5.31. The third-order valence-electron chi connectivity index (χ3n) is 4.55. The van der Waals surface area contributed by atoms with E-state index in [1.54, 1.807) is 0 Å². The Balaban J connectivity index is 1.77. The Kier molecular flexibility index (Phi) is 5.79. The van der Waals surface area contributed by atoms with Crippen molar-refractivity contribution < 1.29 is 9.18 Å². The van der Waals surface area contributed by atoms with Crippen LogP contribution in [0.4, 0.5) is 4.39 Å². The molecule has 2 rings (SSSR count). The molecule has 0 spiro atoms. The number of carbonyl (C=O) groups is 1. The van der Waals surface area contributed by atoms with E-state index in [-0.39, 0.29) is 17.1 Å². The molecule has 128 valence electrons. The first-order chi connectivity index (χ1) is 10.8. The summed E-state index contributed by atoms with van der Waals surface area (Å²) in [5.41, 5.74) is 0.850. The van der Waals surface area contributed by atoms with Crippen LogP contribution in [0.3, 0.4) is 0 Å². The molecule has 1 aliphatic rings. The predicted molar refractivity (Wildman–Crippen MR) is 91.5 cm³/mol. The number of hydrogen-bond acceptors (Lipinski definition) is 2. The molecule has 1 heterocycles. The molecule has 1 saturated heterocycles. The molecule has 0 aliphatic carbocycles. The van der Waals surface area contributed by atoms with Crippen LogP contribution in [0.15, 0.2) is 24.3 Å². The standard InChI is InChI=1S/C19H29FN2O/c1-19(2,3)18(23)21(4)13-16-9-11-22(12-10-16)14-15-5-7-17(20)8-6-15/h5-8,16H,9-14H2,1-4H3. The van der Waals surface area contributed by atoms with Crippen molar-refractivity contribution in [3.8, 4) is 0 Å². The van der Waals surface area contributed by atoms with Gasteiger partial charge in [0.25, 0.3) is 0 Å². The van der Waals surface area contributed by atoms with Crippen molar-refractivity contribution in [3.05, 3.63) is 35.6 Å². The second-order valence-corrected chi connectivity index (χ2v) is 7.78. The predicted octanol–water partition coefficient (Wildman–Crippen LogP) is 3.54. The van der Waals surface area contributed by atoms with E-state index in [1.165, 1.54) is 12.1 Å². The highest BCUT2D eigenvalue weighted by Crippen LogP contribution is 2.22. The van der Waals surface area contributed by atoms with Gasteiger partial charge in [-0.2, -0.15) is 0 Å². The van der Waals surface area contributed by atoms with Crippen LogP contribution in [0, 0.1) is 17.2 Å². The average Bonchev–Trinajstić information content (AvgIpc) is 2.50. The van der Waals surface area contributed by atoms with Crippen LogP contribution in [0.5, 0.6) is 0 Å². The van der Waals surface area contributed by atoms with Gasteiger partial charge < -0.3 is 4.90 Å². The molecule has 0 aromatic heterocycles. The number of likely N-dealkylation sites (tertiary alicyclic amines) is 1. The van der Waals surface area contributed by atoms with Crippen LogP contribution in [0.25, 0.3) is 0 Å². The molecule has 3 nitrogen and oxygen atoms in total. The van der Waals surface area contributed by atoms with Gasteiger partial charge in [-0.25, -0.2) is 4.39 Å². The Morgan fingerprint density at radius 1 is 1.22 bits per heavy atom. The molecular formula is C19H29FN2O. The summed E-state index contributed by atoms with van der Waals surface area (Å²) in [7, 11) is 1.92. The second kappa shape index (κ2) is 7.43. The number of amides is 1. The topological polar surface area (TPSA) is 23.6 Å². The Bertz CT molecular complexity index is 513. The minimum Gasteiger partial charge on any atom is -0.345 e. The van der Waals surface area contributed by atoms with Gasteiger partial charge >= 0.3 is 0 Å². The molecule has 1 fully saturated rings. The summed E-state index contributed by atoms with van der Waals surface area (Å²) >= 11 is 0. The molecule has 0 saturated carbocycles. The minimum absolute atomic E-state index is 0.181. The Morgan fingerprint density at radius 2 is 1.78 bits per heavy atom. The number of piperidine rings is 1. The molecule has 4 heteroatoms. The third-order valence-corrected chi connectivity index (χ3v) is 4.55. The maximum absolute atomic E-state index is 12.9. The van der Waals surface area contributed by atoms with E-state index in [1.807, 2.05) is 44.9 Å². The van der Waals surface area contributed by atoms with E-state index in [9.17, 15) is 9.18 Å². The van der Waals surface area contributed by atoms with E-state index in [2.05, 4.69) is 4.90 Å². The first-order valence-corrected chi connectivity index (χ1v) is 8.48. The number of rotatable bonds is 4. The average molecular weight is 320 g/mol. The summed E-state index contributed by atoms with van der Waals surface area (Å²) in [6, 6.07) is 6.76. The Morgan fingerprint density at radius 3 is 2.30 bits per heavy atom. The summed E-state index contributed by atoms with van der Waals surface area (Å²) in [5.74, 6) is 0.612. The lowest BCUT2D eigenvalue weighted by molar-refractivity contribution is -0.138. The van der Waals surface area contributed by atoms with Crippen molar-refractivity contribution in [2.24, 2.45) is 11.3 Å². The fourth-order valence-electron chi connectivity index (χ4n) is 3.22. The summed E-state index contributed by atoms with van der Waals surface area (Å²) in [5, 5.41) is 0. The van der Waals surface area contributed by atoms with Gasteiger partial charge in [0.1, 0.15) is 5.82 Å². The Hall–Kier alpha value is -1.42. The zero-order chi connectivity index (χ0) is 17.0. The summed E-state index contributed by atoms with van der Waals surface area (Å²) in [6.07, 6.45) is 2.23. The Labute approximate surface area is 139 Å². The SMILES string of the molecule is CN(CC1CCN(Cc2ccc(F)cc2)CC1)C(=O)C(C)(C)C. The largest absolute Gasteiger partial charge is 0.345 e. The van der Waals surface area contributed by atoms with Gasteiger partial charge in [0.05, 0.1) is 0 Å². The highest BCUT2D eigenvalue weighted by Gasteiger charge is 2.28. The number of nitrogens with zero attached hydrogens (tertiary/aromatic N) is 2. The molecule has 0 atom stereocenters. The summed E-state index contributed by atoms with van der Waals surface area (Å²) < 4.78 is 12.9. The summed E-state index contributed by atoms with van der Waals surface area (Å²) in [6.45, 7) is 9.72. The molecule has 1 aliphatic heterocycles. The van der Waals surface area contributed by atoms with Crippen molar-refractivity contribution in [2.75, 3.05) is 26.7 Å². The smallest absolute Gasteiger partial charge is 0.227 e. The van der Waals surface area contributed by atoms with Crippen LogP contribution in [-0.4, -0.2) is 42.4 Å². The molecule has 1 aromatic carbocycles. The zero-order valence-electron chi connectivity index (χ0n) is 14.8. The van der Waals surface area contributed by atoms with E-state index >= 15 is 0 Å². The molecule has 1 amide bonds. The highest BCUT2D eigenvalue weighted by atomic mass is 19.1. The molecule has 0 unspecified atom stereocenters. The fourth-order valence-corrected chi connectivity index (χ4v) is 3.22. The van der Waals surface area contributed by atoms with Gasteiger partial charge in [0, 0.05) is 25.6 Å². The van der Waals surface area contributed by atoms with Crippen molar-refractivity contribution in [1.82, 2.24) is 9.80 Å². The van der Waals surface area contributed by atoms with Gasteiger partial charge in [0.2, 0.25) is 5.91 Å². The second-order valence-electron chi connectivity index (χ2n) is 7.78. The van der Waals surface area contributed by atoms with Gasteiger partial charge in [0.15, 0.2) is 0 Å². The maximum atomic E-state index is 12.9. The molecule has 23 heavy (non-hydrogen) atoms. The van der Waals surface area contributed by atoms with E-state index in [0.29, 0.717) is 5.92 Å². The number of carbonyl (C=O) groups excluding carboxylic acids is 1. The van der Waals surface area contributed by atoms with Gasteiger partial charge in [-0.15, -0.1) is 0 Å². The molecule has 0 N–H and O–H groups in total. The normalized spacial score (nSPS) is 17.3. The van der Waals surface area contributed by atoms with Crippen LogP contribution < -0.4 is 0 Å². The molecule has 0 bridgehead atoms. The number of halogens is 1. The van der Waals surface area contributed by atoms with Crippen molar-refractivity contribution in [1.29, 1.82) is 0 Å². The van der Waals surface area contributed by atoms with Crippen LogP contribution >= 0.6 is 0 Å². The quantitative estimate of drug-likeness (QED) is 0.847. The molecular weight excluding hydrogens is 291 g/mol. The number of benzene rings is 1. The summed E-state index contributed by atoms with van der Waals surface area (Å²) in [4.78, 5) is 16.6. The van der Waals surface area contributed by atoms with Crippen molar-refractivity contribution in [3.63, 3.8) is 0 Å². The van der Waals surface area contributed by atoms with Crippen LogP contribution in [-0.2, 0) is 11.3 Å². The first kappa shape index (κ1) is 17.9. The van der Waals surface area contributed by atoms with Gasteiger partial charge in [-0.3, -0.25) is 9.69 Å². The molecule has 1 aromatic rings. The van der Waals surface area contributed by atoms with Crippen molar-refractivity contribution in [2.45, 2.75) is 40.2 Å². The van der Waals surface area contributed by atoms with E-state index < -0.39 is 0 Å².